The first-order valence-corrected chi connectivity index (χ1v) is 14.2. The number of ether oxygens (including phenoxy) is 1. The van der Waals surface area contributed by atoms with Crippen molar-refractivity contribution in [1.29, 1.82) is 0 Å². The van der Waals surface area contributed by atoms with E-state index in [-0.39, 0.29) is 17.2 Å². The molecule has 1 amide bonds. The average molecular weight is 472 g/mol. The van der Waals surface area contributed by atoms with Gasteiger partial charge in [0.05, 0.1) is 22.0 Å². The van der Waals surface area contributed by atoms with Crippen LogP contribution in [0.5, 0.6) is 0 Å². The van der Waals surface area contributed by atoms with Gasteiger partial charge in [-0.15, -0.1) is 16.4 Å². The molecule has 1 unspecified atom stereocenters. The van der Waals surface area contributed by atoms with E-state index in [9.17, 15) is 4.79 Å². The van der Waals surface area contributed by atoms with E-state index < -0.39 is 20.0 Å². The molecule has 2 atom stereocenters. The number of hydrogen-bond donors (Lipinski definition) is 1. The van der Waals surface area contributed by atoms with E-state index in [0.717, 1.165) is 20.7 Å². The minimum Gasteiger partial charge on any atom is -0.444 e. The van der Waals surface area contributed by atoms with Crippen molar-refractivity contribution in [1.82, 2.24) is 15.5 Å². The molecule has 9 heteroatoms. The summed E-state index contributed by atoms with van der Waals surface area (Å²) in [5.74, 6) is 0. The summed E-state index contributed by atoms with van der Waals surface area (Å²) in [7, 11) is -2.15. The Hall–Kier alpha value is -1.22. The number of carbonyl (C=O) groups excluding carboxylic acids is 1. The molecule has 0 aromatic carbocycles. The van der Waals surface area contributed by atoms with E-state index >= 15 is 0 Å². The number of amides is 1. The maximum absolute atomic E-state index is 12.5. The lowest BCUT2D eigenvalue weighted by Gasteiger charge is -2.41. The highest BCUT2D eigenvalue weighted by molar-refractivity contribution is 7.20. The fourth-order valence-corrected chi connectivity index (χ4v) is 5.64. The number of aryl methyl sites for hydroxylation is 1. The van der Waals surface area contributed by atoms with Crippen molar-refractivity contribution in [2.45, 2.75) is 91.3 Å². The highest BCUT2D eigenvalue weighted by Crippen LogP contribution is 2.44. The van der Waals surface area contributed by atoms with Gasteiger partial charge >= 0.3 is 6.09 Å². The van der Waals surface area contributed by atoms with Crippen molar-refractivity contribution in [3.05, 3.63) is 21.7 Å². The van der Waals surface area contributed by atoms with Gasteiger partial charge in [-0.2, -0.15) is 5.10 Å². The highest BCUT2D eigenvalue weighted by atomic mass is 35.5. The summed E-state index contributed by atoms with van der Waals surface area (Å²) < 4.78 is 13.2. The zero-order valence-electron chi connectivity index (χ0n) is 19.6. The van der Waals surface area contributed by atoms with Crippen molar-refractivity contribution in [3.8, 4) is 0 Å². The molecule has 2 aromatic rings. The van der Waals surface area contributed by atoms with Gasteiger partial charge in [0.15, 0.2) is 8.32 Å². The molecule has 168 valence electrons. The standard InChI is InChI=1S/C21H34ClN3O3SSi/c1-12-15-18(14(22)11-23-25-15)29-17(12)16(28-30(9,10)21(6,7)8)13(2)24-19(26)27-20(3,4)5/h11,13,16H,1-10H3,(H,24,26)/t13-,16?/m1/s1. The number of aromatic nitrogens is 2. The maximum Gasteiger partial charge on any atom is 0.407 e. The second-order valence-corrected chi connectivity index (χ2v) is 16.4. The second kappa shape index (κ2) is 8.73. The number of alkyl carbamates (subject to hydrolysis) is 1. The third-order valence-electron chi connectivity index (χ3n) is 5.38. The van der Waals surface area contributed by atoms with E-state index in [2.05, 4.69) is 49.4 Å². The maximum atomic E-state index is 12.5. The van der Waals surface area contributed by atoms with Gasteiger partial charge in [-0.25, -0.2) is 4.79 Å². The fourth-order valence-electron chi connectivity index (χ4n) is 2.72. The predicted molar refractivity (Wildman–Crippen MR) is 127 cm³/mol. The van der Waals surface area contributed by atoms with Crippen LogP contribution in [0.15, 0.2) is 6.20 Å². The molecule has 6 nitrogen and oxygen atoms in total. The summed E-state index contributed by atoms with van der Waals surface area (Å²) in [5.41, 5.74) is 1.18. The van der Waals surface area contributed by atoms with Crippen LogP contribution in [0.1, 0.15) is 65.0 Å². The van der Waals surface area contributed by atoms with Crippen LogP contribution in [-0.2, 0) is 9.16 Å². The molecule has 2 aromatic heterocycles. The van der Waals surface area contributed by atoms with Crippen molar-refractivity contribution in [2.75, 3.05) is 0 Å². The van der Waals surface area contributed by atoms with Crippen LogP contribution in [0.2, 0.25) is 23.2 Å². The predicted octanol–water partition coefficient (Wildman–Crippen LogP) is 6.63. The van der Waals surface area contributed by atoms with Gasteiger partial charge in [-0.1, -0.05) is 32.4 Å². The van der Waals surface area contributed by atoms with Crippen molar-refractivity contribution < 1.29 is 14.0 Å². The van der Waals surface area contributed by atoms with Crippen LogP contribution in [0.25, 0.3) is 10.2 Å². The minimum atomic E-state index is -2.15. The molecule has 0 fully saturated rings. The third kappa shape index (κ3) is 5.72. The van der Waals surface area contributed by atoms with Crippen LogP contribution >= 0.6 is 22.9 Å². The van der Waals surface area contributed by atoms with Gasteiger partial charge in [0.25, 0.3) is 0 Å². The van der Waals surface area contributed by atoms with Gasteiger partial charge in [0.2, 0.25) is 0 Å². The Bertz CT molecular complexity index is 919. The largest absolute Gasteiger partial charge is 0.444 e. The molecule has 0 spiro atoms. The molecular formula is C21H34ClN3O3SSi. The van der Waals surface area contributed by atoms with E-state index in [1.54, 1.807) is 17.5 Å². The molecular weight excluding hydrogens is 438 g/mol. The Morgan fingerprint density at radius 2 is 1.83 bits per heavy atom. The molecule has 30 heavy (non-hydrogen) atoms. The van der Waals surface area contributed by atoms with E-state index in [1.165, 1.54) is 0 Å². The molecule has 2 heterocycles. The fraction of sp³-hybridized carbons (Fsp3) is 0.667. The summed E-state index contributed by atoms with van der Waals surface area (Å²) >= 11 is 7.92. The van der Waals surface area contributed by atoms with Crippen LogP contribution < -0.4 is 5.32 Å². The lowest BCUT2D eigenvalue weighted by molar-refractivity contribution is 0.0447. The van der Waals surface area contributed by atoms with Gasteiger partial charge in [-0.3, -0.25) is 0 Å². The normalized spacial score (nSPS) is 15.2. The van der Waals surface area contributed by atoms with Crippen LogP contribution in [-0.4, -0.2) is 36.3 Å². The lowest BCUT2D eigenvalue weighted by Crippen LogP contribution is -2.47. The molecule has 0 radical (unpaired) electrons. The Morgan fingerprint density at radius 3 is 2.33 bits per heavy atom. The number of halogens is 1. The smallest absolute Gasteiger partial charge is 0.407 e. The van der Waals surface area contributed by atoms with Crippen LogP contribution in [0, 0.1) is 6.92 Å². The van der Waals surface area contributed by atoms with Gasteiger partial charge < -0.3 is 14.5 Å². The van der Waals surface area contributed by atoms with Crippen molar-refractivity contribution in [3.63, 3.8) is 0 Å². The van der Waals surface area contributed by atoms with Crippen molar-refractivity contribution in [2.24, 2.45) is 0 Å². The zero-order chi connectivity index (χ0) is 23.1. The molecule has 2 rings (SSSR count). The summed E-state index contributed by atoms with van der Waals surface area (Å²) in [6, 6.07) is -0.313. The first-order valence-electron chi connectivity index (χ1n) is 10.1. The van der Waals surface area contributed by atoms with E-state index in [4.69, 9.17) is 20.8 Å². The van der Waals surface area contributed by atoms with E-state index in [1.807, 2.05) is 34.6 Å². The quantitative estimate of drug-likeness (QED) is 0.495. The minimum absolute atomic E-state index is 0.0128. The van der Waals surface area contributed by atoms with Crippen LogP contribution in [0.3, 0.4) is 0 Å². The molecule has 1 N–H and O–H groups in total. The number of nitrogens with zero attached hydrogens (tertiary/aromatic N) is 2. The number of rotatable bonds is 5. The third-order valence-corrected chi connectivity index (χ3v) is 11.6. The number of fused-ring (bicyclic) bond motifs is 1. The molecule has 0 aliphatic heterocycles. The first-order chi connectivity index (χ1) is 13.5. The molecule has 0 bridgehead atoms. The Kier molecular flexibility index (Phi) is 7.28. The second-order valence-electron chi connectivity index (χ2n) is 10.2. The Balaban J connectivity index is 2.48. The Labute approximate surface area is 189 Å². The van der Waals surface area contributed by atoms with Gasteiger partial charge in [-0.05, 0) is 58.3 Å². The topological polar surface area (TPSA) is 73.3 Å². The number of carbonyl (C=O) groups is 1. The number of thiophene rings is 1. The number of hydrogen-bond acceptors (Lipinski definition) is 6. The van der Waals surface area contributed by atoms with Crippen molar-refractivity contribution >= 4 is 47.6 Å². The summed E-state index contributed by atoms with van der Waals surface area (Å²) in [6.07, 6.45) is 0.736. The summed E-state index contributed by atoms with van der Waals surface area (Å²) in [4.78, 5) is 13.5. The van der Waals surface area contributed by atoms with Crippen LogP contribution in [0.4, 0.5) is 4.79 Å². The molecule has 0 aliphatic carbocycles. The SMILES string of the molecule is Cc1c(C(O[Si](C)(C)C(C)(C)C)[C@@H](C)NC(=O)OC(C)(C)C)sc2c(Cl)cnnc12. The molecule has 0 saturated heterocycles. The number of nitrogens with one attached hydrogen (secondary N) is 1. The first kappa shape index (κ1) is 25.0. The van der Waals surface area contributed by atoms with Gasteiger partial charge in [0.1, 0.15) is 17.2 Å². The highest BCUT2D eigenvalue weighted by Gasteiger charge is 2.42. The Morgan fingerprint density at radius 1 is 1.23 bits per heavy atom. The van der Waals surface area contributed by atoms with E-state index in [0.29, 0.717) is 5.02 Å². The zero-order valence-corrected chi connectivity index (χ0v) is 22.2. The summed E-state index contributed by atoms with van der Waals surface area (Å²) in [5, 5.41) is 11.8. The average Bonchev–Trinajstić information content (AvgIpc) is 2.88. The monoisotopic (exact) mass is 471 g/mol. The molecule has 0 saturated carbocycles. The molecule has 0 aliphatic rings. The lowest BCUT2D eigenvalue weighted by atomic mass is 10.1. The van der Waals surface area contributed by atoms with Gasteiger partial charge in [0, 0.05) is 4.88 Å². The summed E-state index contributed by atoms with van der Waals surface area (Å²) in [6.45, 7) is 20.5.